The summed E-state index contributed by atoms with van der Waals surface area (Å²) < 4.78 is 23.5. The maximum absolute atomic E-state index is 12.9. The highest BCUT2D eigenvalue weighted by Crippen LogP contribution is 2.32. The lowest BCUT2D eigenvalue weighted by molar-refractivity contribution is -0.121. The van der Waals surface area contributed by atoms with Gasteiger partial charge in [0.05, 0.1) is 12.5 Å². The molecule has 0 saturated heterocycles. The SMILES string of the molecule is C[C@@H](C[C@@H](O)c1ccc(F)cc1)NC(=O)Cc1ccc2c(c1)OCO2. The first-order valence-electron chi connectivity index (χ1n) is 8.12. The Morgan fingerprint density at radius 3 is 2.68 bits per heavy atom. The van der Waals surface area contributed by atoms with E-state index in [0.717, 1.165) is 5.56 Å². The Morgan fingerprint density at radius 2 is 1.92 bits per heavy atom. The van der Waals surface area contributed by atoms with Gasteiger partial charge in [-0.15, -0.1) is 0 Å². The summed E-state index contributed by atoms with van der Waals surface area (Å²) in [6.07, 6.45) is -0.201. The molecule has 1 aliphatic heterocycles. The molecule has 5 nitrogen and oxygen atoms in total. The molecule has 2 atom stereocenters. The maximum atomic E-state index is 12.9. The third-order valence-corrected chi connectivity index (χ3v) is 4.04. The van der Waals surface area contributed by atoms with E-state index in [1.54, 1.807) is 24.3 Å². The van der Waals surface area contributed by atoms with Gasteiger partial charge < -0.3 is 19.9 Å². The zero-order valence-corrected chi connectivity index (χ0v) is 13.9. The number of fused-ring (bicyclic) bond motifs is 1. The van der Waals surface area contributed by atoms with E-state index in [2.05, 4.69) is 5.32 Å². The second-order valence-corrected chi connectivity index (χ2v) is 6.14. The van der Waals surface area contributed by atoms with Crippen LogP contribution in [0.2, 0.25) is 0 Å². The highest BCUT2D eigenvalue weighted by Gasteiger charge is 2.17. The third kappa shape index (κ3) is 4.48. The van der Waals surface area contributed by atoms with E-state index in [1.165, 1.54) is 12.1 Å². The van der Waals surface area contributed by atoms with Crippen molar-refractivity contribution in [2.75, 3.05) is 6.79 Å². The van der Waals surface area contributed by atoms with Gasteiger partial charge in [0, 0.05) is 6.04 Å². The van der Waals surface area contributed by atoms with E-state index in [-0.39, 0.29) is 31.0 Å². The van der Waals surface area contributed by atoms with Crippen molar-refractivity contribution in [1.29, 1.82) is 0 Å². The Morgan fingerprint density at radius 1 is 1.20 bits per heavy atom. The molecular weight excluding hydrogens is 325 g/mol. The lowest BCUT2D eigenvalue weighted by Crippen LogP contribution is -2.34. The van der Waals surface area contributed by atoms with Gasteiger partial charge in [-0.3, -0.25) is 4.79 Å². The normalized spacial score (nSPS) is 14.8. The first-order chi connectivity index (χ1) is 12.0. The molecule has 2 aromatic carbocycles. The van der Waals surface area contributed by atoms with Gasteiger partial charge in [-0.25, -0.2) is 4.39 Å². The summed E-state index contributed by atoms with van der Waals surface area (Å²) in [5.41, 5.74) is 1.45. The molecule has 2 aromatic rings. The molecule has 0 fully saturated rings. The molecule has 0 aromatic heterocycles. The van der Waals surface area contributed by atoms with E-state index in [4.69, 9.17) is 9.47 Å². The van der Waals surface area contributed by atoms with Gasteiger partial charge in [-0.2, -0.15) is 0 Å². The van der Waals surface area contributed by atoms with E-state index in [9.17, 15) is 14.3 Å². The summed E-state index contributed by atoms with van der Waals surface area (Å²) in [6, 6.07) is 10.9. The predicted molar refractivity (Wildman–Crippen MR) is 89.9 cm³/mol. The van der Waals surface area contributed by atoms with Crippen LogP contribution in [0.25, 0.3) is 0 Å². The fourth-order valence-corrected chi connectivity index (χ4v) is 2.78. The van der Waals surface area contributed by atoms with Gasteiger partial charge in [-0.1, -0.05) is 18.2 Å². The average molecular weight is 345 g/mol. The molecule has 25 heavy (non-hydrogen) atoms. The fourth-order valence-electron chi connectivity index (χ4n) is 2.78. The smallest absolute Gasteiger partial charge is 0.231 e. The van der Waals surface area contributed by atoms with Crippen LogP contribution >= 0.6 is 0 Å². The van der Waals surface area contributed by atoms with Crippen molar-refractivity contribution in [3.63, 3.8) is 0 Å². The standard InChI is InChI=1S/C19H20FNO4/c1-12(8-16(22)14-3-5-15(20)6-4-14)21-19(23)10-13-2-7-17-18(9-13)25-11-24-17/h2-7,9,12,16,22H,8,10-11H2,1H3,(H,21,23)/t12-,16+/m0/s1. The lowest BCUT2D eigenvalue weighted by Gasteiger charge is -2.18. The van der Waals surface area contributed by atoms with Gasteiger partial charge >= 0.3 is 0 Å². The van der Waals surface area contributed by atoms with Gasteiger partial charge in [0.15, 0.2) is 11.5 Å². The minimum Gasteiger partial charge on any atom is -0.454 e. The van der Waals surface area contributed by atoms with E-state index in [1.807, 2.05) is 13.0 Å². The zero-order valence-electron chi connectivity index (χ0n) is 13.9. The molecule has 1 aliphatic rings. The number of benzene rings is 2. The molecule has 132 valence electrons. The molecule has 1 amide bonds. The number of hydrogen-bond donors (Lipinski definition) is 2. The van der Waals surface area contributed by atoms with E-state index in [0.29, 0.717) is 23.5 Å². The first-order valence-corrected chi connectivity index (χ1v) is 8.12. The molecule has 6 heteroatoms. The van der Waals surface area contributed by atoms with Crippen LogP contribution in [-0.4, -0.2) is 23.8 Å². The molecule has 0 saturated carbocycles. The van der Waals surface area contributed by atoms with Crippen molar-refractivity contribution in [3.05, 3.63) is 59.4 Å². The number of aliphatic hydroxyl groups excluding tert-OH is 1. The van der Waals surface area contributed by atoms with Crippen LogP contribution in [0.3, 0.4) is 0 Å². The summed E-state index contributed by atoms with van der Waals surface area (Å²) in [5, 5.41) is 13.0. The average Bonchev–Trinajstić information content (AvgIpc) is 3.02. The minimum atomic E-state index is -0.763. The summed E-state index contributed by atoms with van der Waals surface area (Å²) in [5.74, 6) is 0.837. The summed E-state index contributed by atoms with van der Waals surface area (Å²) in [7, 11) is 0. The number of rotatable bonds is 6. The number of halogens is 1. The first kappa shape index (κ1) is 17.2. The number of carbonyl (C=O) groups excluding carboxylic acids is 1. The van der Waals surface area contributed by atoms with Crippen LogP contribution < -0.4 is 14.8 Å². The quantitative estimate of drug-likeness (QED) is 0.845. The highest BCUT2D eigenvalue weighted by atomic mass is 19.1. The third-order valence-electron chi connectivity index (χ3n) is 4.04. The Hall–Kier alpha value is -2.60. The predicted octanol–water partition coefficient (Wildman–Crippen LogP) is 2.73. The Balaban J connectivity index is 1.51. The number of ether oxygens (including phenoxy) is 2. The number of carbonyl (C=O) groups is 1. The minimum absolute atomic E-state index is 0.141. The summed E-state index contributed by atoms with van der Waals surface area (Å²) in [6.45, 7) is 2.02. The molecule has 2 N–H and O–H groups in total. The number of aliphatic hydroxyl groups is 1. The fraction of sp³-hybridized carbons (Fsp3) is 0.316. The van der Waals surface area contributed by atoms with Crippen LogP contribution in [0.5, 0.6) is 11.5 Å². The molecular formula is C19H20FNO4. The molecule has 0 spiro atoms. The molecule has 0 unspecified atom stereocenters. The molecule has 0 bridgehead atoms. The molecule has 0 aliphatic carbocycles. The lowest BCUT2D eigenvalue weighted by atomic mass is 10.0. The van der Waals surface area contributed by atoms with E-state index < -0.39 is 6.10 Å². The number of amides is 1. The second-order valence-electron chi connectivity index (χ2n) is 6.14. The zero-order chi connectivity index (χ0) is 17.8. The Kier molecular flexibility index (Phi) is 5.19. The van der Waals surface area contributed by atoms with Crippen molar-refractivity contribution < 1.29 is 23.8 Å². The van der Waals surface area contributed by atoms with Gasteiger partial charge in [0.2, 0.25) is 12.7 Å². The van der Waals surface area contributed by atoms with Gasteiger partial charge in [0.1, 0.15) is 5.82 Å². The van der Waals surface area contributed by atoms with Crippen molar-refractivity contribution in [2.24, 2.45) is 0 Å². The number of hydrogen-bond acceptors (Lipinski definition) is 4. The molecule has 1 heterocycles. The van der Waals surface area contributed by atoms with Gasteiger partial charge in [0.25, 0.3) is 0 Å². The summed E-state index contributed by atoms with van der Waals surface area (Å²) >= 11 is 0. The van der Waals surface area contributed by atoms with Crippen LogP contribution in [0.15, 0.2) is 42.5 Å². The van der Waals surface area contributed by atoms with Crippen LogP contribution in [-0.2, 0) is 11.2 Å². The maximum Gasteiger partial charge on any atom is 0.231 e. The second kappa shape index (κ2) is 7.53. The monoisotopic (exact) mass is 345 g/mol. The molecule has 0 radical (unpaired) electrons. The van der Waals surface area contributed by atoms with Crippen molar-refractivity contribution in [2.45, 2.75) is 31.9 Å². The van der Waals surface area contributed by atoms with Crippen molar-refractivity contribution in [3.8, 4) is 11.5 Å². The van der Waals surface area contributed by atoms with Crippen LogP contribution in [0.1, 0.15) is 30.6 Å². The van der Waals surface area contributed by atoms with Crippen molar-refractivity contribution in [1.82, 2.24) is 5.32 Å². The van der Waals surface area contributed by atoms with E-state index >= 15 is 0 Å². The Bertz CT molecular complexity index is 748. The summed E-state index contributed by atoms with van der Waals surface area (Å²) in [4.78, 5) is 12.2. The highest BCUT2D eigenvalue weighted by molar-refractivity contribution is 5.79. The Labute approximate surface area is 145 Å². The van der Waals surface area contributed by atoms with Crippen molar-refractivity contribution >= 4 is 5.91 Å². The van der Waals surface area contributed by atoms with Crippen LogP contribution in [0, 0.1) is 5.82 Å². The number of nitrogens with one attached hydrogen (secondary N) is 1. The molecule has 3 rings (SSSR count). The largest absolute Gasteiger partial charge is 0.454 e. The van der Waals surface area contributed by atoms with Crippen LogP contribution in [0.4, 0.5) is 4.39 Å². The van der Waals surface area contributed by atoms with Gasteiger partial charge in [-0.05, 0) is 48.7 Å². The topological polar surface area (TPSA) is 67.8 Å².